The number of carbonyl (C=O) groups excluding carboxylic acids is 3. The van der Waals surface area contributed by atoms with Crippen LogP contribution in [0.5, 0.6) is 0 Å². The summed E-state index contributed by atoms with van der Waals surface area (Å²) in [6, 6.07) is 11.4. The fraction of sp³-hybridized carbons (Fsp3) is 0.286. The molecule has 8 heteroatoms. The summed E-state index contributed by atoms with van der Waals surface area (Å²) in [4.78, 5) is 38.4. The first kappa shape index (κ1) is 21.1. The van der Waals surface area contributed by atoms with Gasteiger partial charge in [0, 0.05) is 41.3 Å². The Hall–Kier alpha value is -2.57. The smallest absolute Gasteiger partial charge is 0.254 e. The van der Waals surface area contributed by atoms with Gasteiger partial charge in [-0.25, -0.2) is 0 Å². The molecule has 152 valence electrons. The monoisotopic (exact) mass is 433 g/mol. The molecule has 2 aromatic rings. The van der Waals surface area contributed by atoms with Crippen molar-refractivity contribution in [1.29, 1.82) is 0 Å². The molecule has 1 heterocycles. The molecule has 3 rings (SSSR count). The van der Waals surface area contributed by atoms with Crippen molar-refractivity contribution in [2.75, 3.05) is 11.9 Å². The summed E-state index contributed by atoms with van der Waals surface area (Å²) in [5.74, 6) is -0.638. The molecular formula is C21H21Cl2N3O3. The van der Waals surface area contributed by atoms with Crippen molar-refractivity contribution < 1.29 is 14.4 Å². The van der Waals surface area contributed by atoms with Crippen LogP contribution >= 0.6 is 23.2 Å². The molecule has 0 aromatic heterocycles. The van der Waals surface area contributed by atoms with Gasteiger partial charge in [-0.1, -0.05) is 35.3 Å². The molecule has 0 bridgehead atoms. The molecule has 1 atom stereocenters. The van der Waals surface area contributed by atoms with Crippen molar-refractivity contribution in [2.45, 2.75) is 32.4 Å². The van der Waals surface area contributed by atoms with E-state index in [-0.39, 0.29) is 17.7 Å². The maximum absolute atomic E-state index is 12.9. The van der Waals surface area contributed by atoms with Crippen LogP contribution in [-0.4, -0.2) is 35.2 Å². The minimum Gasteiger partial charge on any atom is -0.350 e. The highest BCUT2D eigenvalue weighted by Gasteiger charge is 2.34. The first-order chi connectivity index (χ1) is 13.8. The molecule has 1 fully saturated rings. The molecule has 1 unspecified atom stereocenters. The Morgan fingerprint density at radius 3 is 2.52 bits per heavy atom. The van der Waals surface area contributed by atoms with E-state index in [9.17, 15) is 14.4 Å². The molecule has 0 spiro atoms. The van der Waals surface area contributed by atoms with E-state index in [0.29, 0.717) is 40.8 Å². The Morgan fingerprint density at radius 1 is 1.10 bits per heavy atom. The van der Waals surface area contributed by atoms with E-state index in [1.54, 1.807) is 41.3 Å². The molecule has 6 nitrogen and oxygen atoms in total. The largest absolute Gasteiger partial charge is 0.350 e. The lowest BCUT2D eigenvalue weighted by Crippen LogP contribution is -2.45. The van der Waals surface area contributed by atoms with E-state index >= 15 is 0 Å². The van der Waals surface area contributed by atoms with Crippen molar-refractivity contribution in [1.82, 2.24) is 10.2 Å². The van der Waals surface area contributed by atoms with Crippen LogP contribution in [0.25, 0.3) is 0 Å². The van der Waals surface area contributed by atoms with E-state index in [1.807, 2.05) is 6.07 Å². The lowest BCUT2D eigenvalue weighted by molar-refractivity contribution is -0.125. The van der Waals surface area contributed by atoms with E-state index in [4.69, 9.17) is 23.2 Å². The van der Waals surface area contributed by atoms with Crippen molar-refractivity contribution in [3.8, 4) is 0 Å². The fourth-order valence-corrected chi connectivity index (χ4v) is 3.92. The molecular weight excluding hydrogens is 413 g/mol. The van der Waals surface area contributed by atoms with Gasteiger partial charge in [-0.2, -0.15) is 0 Å². The molecule has 1 saturated heterocycles. The minimum absolute atomic E-state index is 0.160. The predicted octanol–water partition coefficient (Wildman–Crippen LogP) is 3.87. The standard InChI is InChI=1S/C21H21Cl2N3O3/c1-13(27)25-18-5-2-4-14(8-18)12-24-20(28)19-6-3-7-26(19)21(29)15-9-16(22)11-17(23)10-15/h2,4-5,8-11,19H,3,6-7,12H2,1H3,(H,24,28)(H,25,27). The van der Waals surface area contributed by atoms with E-state index in [1.165, 1.54) is 6.92 Å². The van der Waals surface area contributed by atoms with Crippen molar-refractivity contribution in [2.24, 2.45) is 0 Å². The molecule has 3 amide bonds. The average Bonchev–Trinajstić information content (AvgIpc) is 3.14. The van der Waals surface area contributed by atoms with Crippen LogP contribution in [0.4, 0.5) is 5.69 Å². The molecule has 0 saturated carbocycles. The minimum atomic E-state index is -0.543. The van der Waals surface area contributed by atoms with Gasteiger partial charge in [0.2, 0.25) is 11.8 Å². The van der Waals surface area contributed by atoms with E-state index in [0.717, 1.165) is 12.0 Å². The van der Waals surface area contributed by atoms with Crippen molar-refractivity contribution in [3.05, 3.63) is 63.6 Å². The Morgan fingerprint density at radius 2 is 1.83 bits per heavy atom. The quantitative estimate of drug-likeness (QED) is 0.750. The predicted molar refractivity (Wildman–Crippen MR) is 113 cm³/mol. The molecule has 2 aromatic carbocycles. The number of amides is 3. The SMILES string of the molecule is CC(=O)Nc1cccc(CNC(=O)C2CCCN2C(=O)c2cc(Cl)cc(Cl)c2)c1. The van der Waals surface area contributed by atoms with Crippen LogP contribution in [0, 0.1) is 0 Å². The lowest BCUT2D eigenvalue weighted by atomic mass is 10.1. The van der Waals surface area contributed by atoms with Crippen molar-refractivity contribution in [3.63, 3.8) is 0 Å². The van der Waals surface area contributed by atoms with Crippen molar-refractivity contribution >= 4 is 46.6 Å². The number of benzene rings is 2. The highest BCUT2D eigenvalue weighted by molar-refractivity contribution is 6.35. The van der Waals surface area contributed by atoms with E-state index < -0.39 is 6.04 Å². The van der Waals surface area contributed by atoms with Gasteiger partial charge >= 0.3 is 0 Å². The number of hydrogen-bond donors (Lipinski definition) is 2. The Balaban J connectivity index is 1.65. The molecule has 1 aliphatic heterocycles. The molecule has 0 radical (unpaired) electrons. The maximum atomic E-state index is 12.9. The normalized spacial score (nSPS) is 15.8. The molecule has 0 aliphatic carbocycles. The number of carbonyl (C=O) groups is 3. The summed E-state index contributed by atoms with van der Waals surface area (Å²) >= 11 is 12.0. The molecule has 1 aliphatic rings. The summed E-state index contributed by atoms with van der Waals surface area (Å²) in [6.07, 6.45) is 1.34. The van der Waals surface area contributed by atoms with Crippen LogP contribution in [0.2, 0.25) is 10.0 Å². The van der Waals surface area contributed by atoms with Crippen LogP contribution in [0.3, 0.4) is 0 Å². The number of nitrogens with one attached hydrogen (secondary N) is 2. The first-order valence-corrected chi connectivity index (χ1v) is 10.0. The number of nitrogens with zero attached hydrogens (tertiary/aromatic N) is 1. The zero-order chi connectivity index (χ0) is 21.0. The summed E-state index contributed by atoms with van der Waals surface area (Å²) in [7, 11) is 0. The molecule has 29 heavy (non-hydrogen) atoms. The Kier molecular flexibility index (Phi) is 6.77. The van der Waals surface area contributed by atoms with Gasteiger partial charge in [-0.3, -0.25) is 14.4 Å². The number of likely N-dealkylation sites (tertiary alicyclic amines) is 1. The topological polar surface area (TPSA) is 78.5 Å². The third-order valence-corrected chi connectivity index (χ3v) is 5.08. The summed E-state index contributed by atoms with van der Waals surface area (Å²) in [5, 5.41) is 6.34. The second-order valence-electron chi connectivity index (χ2n) is 6.91. The van der Waals surface area contributed by atoms with Gasteiger partial charge < -0.3 is 15.5 Å². The second-order valence-corrected chi connectivity index (χ2v) is 7.79. The van der Waals surface area contributed by atoms with Crippen LogP contribution in [0.1, 0.15) is 35.7 Å². The van der Waals surface area contributed by atoms with Gasteiger partial charge in [0.1, 0.15) is 6.04 Å². The Bertz CT molecular complexity index is 928. The first-order valence-electron chi connectivity index (χ1n) is 9.25. The summed E-state index contributed by atoms with van der Waals surface area (Å²) in [5.41, 5.74) is 1.88. The third kappa shape index (κ3) is 5.49. The number of anilines is 1. The fourth-order valence-electron chi connectivity index (χ4n) is 3.39. The number of hydrogen-bond acceptors (Lipinski definition) is 3. The third-order valence-electron chi connectivity index (χ3n) is 4.64. The molecule has 2 N–H and O–H groups in total. The number of rotatable bonds is 5. The van der Waals surface area contributed by atoms with Crippen LogP contribution in [0.15, 0.2) is 42.5 Å². The van der Waals surface area contributed by atoms with E-state index in [2.05, 4.69) is 10.6 Å². The average molecular weight is 434 g/mol. The van der Waals surface area contributed by atoms with Gasteiger partial charge in [-0.15, -0.1) is 0 Å². The Labute approximate surface area is 179 Å². The summed E-state index contributed by atoms with van der Waals surface area (Å²) < 4.78 is 0. The zero-order valence-electron chi connectivity index (χ0n) is 15.9. The zero-order valence-corrected chi connectivity index (χ0v) is 17.4. The van der Waals surface area contributed by atoms with Gasteiger partial charge in [0.15, 0.2) is 0 Å². The highest BCUT2D eigenvalue weighted by atomic mass is 35.5. The van der Waals surface area contributed by atoms with Gasteiger partial charge in [0.25, 0.3) is 5.91 Å². The van der Waals surface area contributed by atoms with Gasteiger partial charge in [-0.05, 0) is 48.7 Å². The van der Waals surface area contributed by atoms with Gasteiger partial charge in [0.05, 0.1) is 0 Å². The second kappa shape index (κ2) is 9.29. The lowest BCUT2D eigenvalue weighted by Gasteiger charge is -2.24. The number of halogens is 2. The van der Waals surface area contributed by atoms with Crippen LogP contribution < -0.4 is 10.6 Å². The highest BCUT2D eigenvalue weighted by Crippen LogP contribution is 2.24. The van der Waals surface area contributed by atoms with Crippen LogP contribution in [-0.2, 0) is 16.1 Å². The summed E-state index contributed by atoms with van der Waals surface area (Å²) in [6.45, 7) is 2.24. The maximum Gasteiger partial charge on any atom is 0.254 e.